The number of aromatic nitrogens is 2. The van der Waals surface area contributed by atoms with Gasteiger partial charge in [-0.3, -0.25) is 0 Å². The zero-order valence-corrected chi connectivity index (χ0v) is 14.7. The number of rotatable bonds is 3. The predicted molar refractivity (Wildman–Crippen MR) is 102 cm³/mol. The molecular weight excluding hydrogens is 316 g/mol. The van der Waals surface area contributed by atoms with Crippen molar-refractivity contribution in [3.8, 4) is 10.4 Å². The maximum atomic E-state index is 5.92. The smallest absolute Gasteiger partial charge is 0.222 e. The van der Waals surface area contributed by atoms with Gasteiger partial charge in [0.1, 0.15) is 5.82 Å². The van der Waals surface area contributed by atoms with Gasteiger partial charge >= 0.3 is 0 Å². The van der Waals surface area contributed by atoms with Crippen molar-refractivity contribution in [3.05, 3.63) is 35.2 Å². The molecular formula is C19H22N4S. The lowest BCUT2D eigenvalue weighted by molar-refractivity contribution is 0.462. The van der Waals surface area contributed by atoms with Gasteiger partial charge in [0.25, 0.3) is 0 Å². The minimum absolute atomic E-state index is 0.334. The molecule has 24 heavy (non-hydrogen) atoms. The first-order valence-electron chi connectivity index (χ1n) is 8.58. The number of nitrogen functional groups attached to an aromatic ring is 1. The summed E-state index contributed by atoms with van der Waals surface area (Å²) in [6, 6.07) is 9.06. The molecule has 1 aromatic carbocycles. The van der Waals surface area contributed by atoms with Crippen LogP contribution < -0.4 is 11.1 Å². The van der Waals surface area contributed by atoms with Gasteiger partial charge in [-0.25, -0.2) is 4.98 Å². The Hall–Kier alpha value is -2.14. The van der Waals surface area contributed by atoms with Gasteiger partial charge in [-0.1, -0.05) is 25.3 Å². The van der Waals surface area contributed by atoms with E-state index in [0.29, 0.717) is 12.0 Å². The van der Waals surface area contributed by atoms with Crippen LogP contribution in [-0.2, 0) is 0 Å². The molecule has 0 radical (unpaired) electrons. The quantitative estimate of drug-likeness (QED) is 0.706. The summed E-state index contributed by atoms with van der Waals surface area (Å²) < 4.78 is 0. The van der Waals surface area contributed by atoms with Crippen LogP contribution in [0.15, 0.2) is 29.6 Å². The molecule has 124 valence electrons. The fourth-order valence-electron chi connectivity index (χ4n) is 3.43. The molecule has 2 aromatic heterocycles. The Morgan fingerprint density at radius 1 is 1.12 bits per heavy atom. The van der Waals surface area contributed by atoms with Crippen LogP contribution in [0.4, 0.5) is 11.8 Å². The van der Waals surface area contributed by atoms with Gasteiger partial charge in [0, 0.05) is 16.3 Å². The maximum Gasteiger partial charge on any atom is 0.222 e. The van der Waals surface area contributed by atoms with E-state index >= 15 is 0 Å². The van der Waals surface area contributed by atoms with Gasteiger partial charge in [0.15, 0.2) is 0 Å². The topological polar surface area (TPSA) is 63.8 Å². The van der Waals surface area contributed by atoms with Crippen molar-refractivity contribution in [2.75, 3.05) is 11.1 Å². The van der Waals surface area contributed by atoms with Crippen molar-refractivity contribution in [1.82, 2.24) is 9.97 Å². The van der Waals surface area contributed by atoms with E-state index in [2.05, 4.69) is 45.8 Å². The molecule has 1 aliphatic rings. The molecule has 2 heterocycles. The van der Waals surface area contributed by atoms with Crippen LogP contribution in [0.3, 0.4) is 0 Å². The molecule has 0 spiro atoms. The first-order valence-corrected chi connectivity index (χ1v) is 9.46. The summed E-state index contributed by atoms with van der Waals surface area (Å²) in [7, 11) is 0. The molecule has 5 heteroatoms. The summed E-state index contributed by atoms with van der Waals surface area (Å²) in [6.07, 6.45) is 6.32. The maximum absolute atomic E-state index is 5.92. The Kier molecular flexibility index (Phi) is 4.10. The third-order valence-electron chi connectivity index (χ3n) is 4.67. The SMILES string of the molecule is Cc1csc(-c2ccc3nc(N)nc(NC4CCCCC4)c3c2)c1. The lowest BCUT2D eigenvalue weighted by Gasteiger charge is -2.24. The number of aryl methyl sites for hydroxylation is 1. The first kappa shape index (κ1) is 15.4. The molecule has 1 fully saturated rings. The zero-order valence-electron chi connectivity index (χ0n) is 13.9. The Morgan fingerprint density at radius 2 is 1.96 bits per heavy atom. The fraction of sp³-hybridized carbons (Fsp3) is 0.368. The summed E-state index contributed by atoms with van der Waals surface area (Å²) in [6.45, 7) is 2.13. The molecule has 3 aromatic rings. The van der Waals surface area contributed by atoms with Gasteiger partial charge in [0.2, 0.25) is 5.95 Å². The van der Waals surface area contributed by atoms with Crippen molar-refractivity contribution < 1.29 is 0 Å². The van der Waals surface area contributed by atoms with E-state index in [0.717, 1.165) is 16.7 Å². The van der Waals surface area contributed by atoms with Crippen molar-refractivity contribution in [3.63, 3.8) is 0 Å². The number of fused-ring (bicyclic) bond motifs is 1. The molecule has 4 rings (SSSR count). The van der Waals surface area contributed by atoms with E-state index in [1.807, 2.05) is 6.07 Å². The van der Waals surface area contributed by atoms with E-state index in [1.54, 1.807) is 11.3 Å². The van der Waals surface area contributed by atoms with Crippen LogP contribution in [0.2, 0.25) is 0 Å². The third-order valence-corrected chi connectivity index (χ3v) is 5.77. The summed E-state index contributed by atoms with van der Waals surface area (Å²) in [5, 5.41) is 6.86. The number of nitrogens with one attached hydrogen (secondary N) is 1. The zero-order chi connectivity index (χ0) is 16.5. The second-order valence-corrected chi connectivity index (χ2v) is 7.54. The molecule has 1 saturated carbocycles. The highest BCUT2D eigenvalue weighted by Crippen LogP contribution is 2.32. The highest BCUT2D eigenvalue weighted by molar-refractivity contribution is 7.13. The van der Waals surface area contributed by atoms with Crippen LogP contribution in [0.25, 0.3) is 21.3 Å². The standard InChI is InChI=1S/C19H22N4S/c1-12-9-17(24-11-12)13-7-8-16-15(10-13)18(23-19(20)22-16)21-14-5-3-2-4-6-14/h7-11,14H,2-6H2,1H3,(H3,20,21,22,23). The molecule has 0 unspecified atom stereocenters. The average molecular weight is 338 g/mol. The van der Waals surface area contributed by atoms with Crippen molar-refractivity contribution >= 4 is 34.0 Å². The lowest BCUT2D eigenvalue weighted by atomic mass is 9.95. The third kappa shape index (κ3) is 3.08. The molecule has 0 bridgehead atoms. The van der Waals surface area contributed by atoms with Gasteiger partial charge in [-0.15, -0.1) is 11.3 Å². The number of anilines is 2. The number of hydrogen-bond donors (Lipinski definition) is 2. The number of hydrogen-bond acceptors (Lipinski definition) is 5. The number of nitrogens with two attached hydrogens (primary N) is 1. The highest BCUT2D eigenvalue weighted by Gasteiger charge is 2.16. The second-order valence-electron chi connectivity index (χ2n) is 6.63. The first-order chi connectivity index (χ1) is 11.7. The van der Waals surface area contributed by atoms with Crippen molar-refractivity contribution in [2.45, 2.75) is 45.1 Å². The molecule has 0 amide bonds. The summed E-state index contributed by atoms with van der Waals surface area (Å²) >= 11 is 1.77. The van der Waals surface area contributed by atoms with Gasteiger partial charge in [0.05, 0.1) is 5.52 Å². The Bertz CT molecular complexity index is 865. The molecule has 1 aliphatic carbocycles. The molecule has 3 N–H and O–H groups in total. The Balaban J connectivity index is 1.75. The van der Waals surface area contributed by atoms with Crippen molar-refractivity contribution in [1.29, 1.82) is 0 Å². The van der Waals surface area contributed by atoms with Crippen LogP contribution >= 0.6 is 11.3 Å². The number of nitrogens with zero attached hydrogens (tertiary/aromatic N) is 2. The predicted octanol–water partition coefficient (Wildman–Crippen LogP) is 4.99. The highest BCUT2D eigenvalue weighted by atomic mass is 32.1. The van der Waals surface area contributed by atoms with E-state index in [-0.39, 0.29) is 0 Å². The van der Waals surface area contributed by atoms with Crippen LogP contribution in [0.5, 0.6) is 0 Å². The molecule has 0 atom stereocenters. The van der Waals surface area contributed by atoms with Crippen LogP contribution in [0.1, 0.15) is 37.7 Å². The summed E-state index contributed by atoms with van der Waals surface area (Å²) in [5.41, 5.74) is 9.33. The number of benzene rings is 1. The minimum Gasteiger partial charge on any atom is -0.368 e. The minimum atomic E-state index is 0.334. The molecule has 0 saturated heterocycles. The van der Waals surface area contributed by atoms with Crippen molar-refractivity contribution in [2.24, 2.45) is 0 Å². The van der Waals surface area contributed by atoms with E-state index in [1.165, 1.54) is 48.1 Å². The normalized spacial score (nSPS) is 15.7. The summed E-state index contributed by atoms with van der Waals surface area (Å²) in [5.74, 6) is 1.21. The lowest BCUT2D eigenvalue weighted by Crippen LogP contribution is -2.23. The van der Waals surface area contributed by atoms with Gasteiger partial charge < -0.3 is 11.1 Å². The van der Waals surface area contributed by atoms with E-state index in [4.69, 9.17) is 5.73 Å². The number of thiophene rings is 1. The van der Waals surface area contributed by atoms with Crippen LogP contribution in [-0.4, -0.2) is 16.0 Å². The van der Waals surface area contributed by atoms with Gasteiger partial charge in [-0.2, -0.15) is 4.98 Å². The van der Waals surface area contributed by atoms with E-state index in [9.17, 15) is 0 Å². The Morgan fingerprint density at radius 3 is 2.71 bits per heavy atom. The molecule has 0 aliphatic heterocycles. The second kappa shape index (κ2) is 6.40. The Labute approximate surface area is 146 Å². The van der Waals surface area contributed by atoms with Crippen LogP contribution in [0, 0.1) is 6.92 Å². The fourth-order valence-corrected chi connectivity index (χ4v) is 4.33. The van der Waals surface area contributed by atoms with Gasteiger partial charge in [-0.05, 0) is 54.5 Å². The monoisotopic (exact) mass is 338 g/mol. The largest absolute Gasteiger partial charge is 0.368 e. The average Bonchev–Trinajstić information content (AvgIpc) is 3.02. The van der Waals surface area contributed by atoms with E-state index < -0.39 is 0 Å². The summed E-state index contributed by atoms with van der Waals surface area (Å²) in [4.78, 5) is 10.2. The molecule has 4 nitrogen and oxygen atoms in total.